The minimum absolute atomic E-state index is 0.124. The van der Waals surface area contributed by atoms with Crippen LogP contribution in [0.15, 0.2) is 89.5 Å². The Bertz CT molecular complexity index is 1320. The number of allylic oxidation sites excluding steroid dienone is 5. The van der Waals surface area contributed by atoms with E-state index in [4.69, 9.17) is 21.8 Å². The van der Waals surface area contributed by atoms with E-state index in [0.717, 1.165) is 34.0 Å². The molecule has 0 spiro atoms. The standard InChI is InChI=1S/C28H29N3O2S2/c1-19-27(32-21-10-5-4-6-11-21)31(33-24-14-7-8-15-25(24)34)28(35-19)22-12-9-13-23-26(22)20(18-29-23)16-17-30(2)3/h4-14,18,28-29H,15-17H2,1-3H3. The van der Waals surface area contributed by atoms with Crippen LogP contribution >= 0.6 is 24.0 Å². The van der Waals surface area contributed by atoms with Crippen LogP contribution in [0.3, 0.4) is 0 Å². The molecule has 0 amide bonds. The number of aromatic nitrogens is 1. The zero-order chi connectivity index (χ0) is 24.4. The average molecular weight is 504 g/mol. The summed E-state index contributed by atoms with van der Waals surface area (Å²) in [6, 6.07) is 16.2. The van der Waals surface area contributed by atoms with E-state index in [1.165, 1.54) is 16.5 Å². The number of thiocarbonyl (C=S) groups is 1. The number of para-hydroxylation sites is 1. The minimum Gasteiger partial charge on any atom is -0.437 e. The molecular weight excluding hydrogens is 474 g/mol. The van der Waals surface area contributed by atoms with Crippen molar-refractivity contribution in [3.63, 3.8) is 0 Å². The van der Waals surface area contributed by atoms with Gasteiger partial charge in [0.15, 0.2) is 5.76 Å². The van der Waals surface area contributed by atoms with Gasteiger partial charge in [-0.15, -0.1) is 0 Å². The second-order valence-electron chi connectivity index (χ2n) is 8.89. The van der Waals surface area contributed by atoms with Crippen LogP contribution in [-0.2, 0) is 11.3 Å². The number of nitrogens with zero attached hydrogens (tertiary/aromatic N) is 2. The molecule has 5 rings (SSSR count). The maximum atomic E-state index is 6.53. The first-order valence-corrected chi connectivity index (χ1v) is 13.0. The van der Waals surface area contributed by atoms with Gasteiger partial charge >= 0.3 is 0 Å². The SMILES string of the molecule is CC1=C(Oc2ccccc2)N(OC2=CC=CCC2=S)C(c2cccc3[nH]cc(CCN(C)C)c23)S1. The minimum atomic E-state index is -0.124. The molecule has 0 saturated heterocycles. The molecule has 3 aromatic rings. The summed E-state index contributed by atoms with van der Waals surface area (Å²) >= 11 is 7.35. The molecule has 2 aromatic carbocycles. The molecule has 35 heavy (non-hydrogen) atoms. The lowest BCUT2D eigenvalue weighted by atomic mass is 10.0. The van der Waals surface area contributed by atoms with Gasteiger partial charge in [-0.3, -0.25) is 0 Å². The van der Waals surface area contributed by atoms with Gasteiger partial charge in [-0.1, -0.05) is 66.5 Å². The van der Waals surface area contributed by atoms with Gasteiger partial charge in [0.2, 0.25) is 5.88 Å². The van der Waals surface area contributed by atoms with Gasteiger partial charge in [0.05, 0.1) is 4.86 Å². The molecule has 1 atom stereocenters. The van der Waals surface area contributed by atoms with E-state index in [1.807, 2.05) is 53.6 Å². The fourth-order valence-electron chi connectivity index (χ4n) is 4.27. The van der Waals surface area contributed by atoms with Gasteiger partial charge in [0, 0.05) is 35.0 Å². The molecule has 1 N–H and O–H groups in total. The van der Waals surface area contributed by atoms with Gasteiger partial charge in [0.1, 0.15) is 11.1 Å². The first-order chi connectivity index (χ1) is 17.0. The van der Waals surface area contributed by atoms with Crippen molar-refractivity contribution < 1.29 is 9.57 Å². The molecular formula is C28H29N3O2S2. The second kappa shape index (κ2) is 10.3. The Hall–Kier alpha value is -3.00. The third-order valence-corrected chi connectivity index (χ3v) is 7.60. The zero-order valence-corrected chi connectivity index (χ0v) is 21.8. The van der Waals surface area contributed by atoms with Crippen molar-refractivity contribution in [1.82, 2.24) is 14.9 Å². The number of ether oxygens (including phenoxy) is 1. The van der Waals surface area contributed by atoms with Crippen LogP contribution < -0.4 is 4.74 Å². The molecule has 1 aliphatic heterocycles. The lowest BCUT2D eigenvalue weighted by molar-refractivity contribution is -0.115. The van der Waals surface area contributed by atoms with Crippen LogP contribution in [0, 0.1) is 0 Å². The number of likely N-dealkylation sites (N-methyl/N-ethyl adjacent to an activating group) is 1. The summed E-state index contributed by atoms with van der Waals surface area (Å²) in [5, 5.41) is 3.01. The number of fused-ring (bicyclic) bond motifs is 1. The van der Waals surface area contributed by atoms with E-state index in [9.17, 15) is 0 Å². The van der Waals surface area contributed by atoms with Crippen molar-refractivity contribution in [3.05, 3.63) is 101 Å². The number of hydroxylamine groups is 2. The van der Waals surface area contributed by atoms with Gasteiger partial charge in [-0.05, 0) is 62.8 Å². The highest BCUT2D eigenvalue weighted by atomic mass is 32.2. The van der Waals surface area contributed by atoms with Crippen molar-refractivity contribution in [2.45, 2.75) is 25.1 Å². The van der Waals surface area contributed by atoms with Crippen LogP contribution in [0.5, 0.6) is 5.75 Å². The molecule has 0 radical (unpaired) electrons. The van der Waals surface area contributed by atoms with E-state index in [1.54, 1.807) is 11.8 Å². The summed E-state index contributed by atoms with van der Waals surface area (Å²) in [6.45, 7) is 3.06. The number of benzene rings is 2. The van der Waals surface area contributed by atoms with E-state index in [-0.39, 0.29) is 5.37 Å². The molecule has 0 bridgehead atoms. The third-order valence-electron chi connectivity index (χ3n) is 6.03. The summed E-state index contributed by atoms with van der Waals surface area (Å²) in [5.41, 5.74) is 3.61. The molecule has 1 unspecified atom stereocenters. The fourth-order valence-corrected chi connectivity index (χ4v) is 5.59. The molecule has 1 aromatic heterocycles. The highest BCUT2D eigenvalue weighted by Crippen LogP contribution is 2.50. The first kappa shape index (κ1) is 23.7. The Morgan fingerprint density at radius 3 is 2.74 bits per heavy atom. The van der Waals surface area contributed by atoms with Crippen LogP contribution in [-0.4, -0.2) is 40.5 Å². The average Bonchev–Trinajstić information content (AvgIpc) is 3.41. The van der Waals surface area contributed by atoms with E-state index in [0.29, 0.717) is 18.1 Å². The highest BCUT2D eigenvalue weighted by molar-refractivity contribution is 8.03. The summed E-state index contributed by atoms with van der Waals surface area (Å²) in [5.74, 6) is 2.14. The van der Waals surface area contributed by atoms with Crippen molar-refractivity contribution >= 4 is 39.7 Å². The van der Waals surface area contributed by atoms with Gasteiger partial charge in [-0.2, -0.15) is 5.06 Å². The number of thioether (sulfide) groups is 1. The summed E-state index contributed by atoms with van der Waals surface area (Å²) in [4.78, 5) is 14.0. The van der Waals surface area contributed by atoms with Gasteiger partial charge in [-0.25, -0.2) is 0 Å². The lowest BCUT2D eigenvalue weighted by Gasteiger charge is -2.29. The quantitative estimate of drug-likeness (QED) is 0.344. The predicted octanol–water partition coefficient (Wildman–Crippen LogP) is 6.73. The van der Waals surface area contributed by atoms with Crippen molar-refractivity contribution in [1.29, 1.82) is 0 Å². The number of hydrogen-bond acceptors (Lipinski definition) is 6. The molecule has 7 heteroatoms. The van der Waals surface area contributed by atoms with Crippen LogP contribution in [0.4, 0.5) is 0 Å². The number of hydrogen-bond donors (Lipinski definition) is 1. The monoisotopic (exact) mass is 503 g/mol. The van der Waals surface area contributed by atoms with Crippen molar-refractivity contribution in [2.24, 2.45) is 0 Å². The van der Waals surface area contributed by atoms with Gasteiger partial charge < -0.3 is 19.5 Å². The van der Waals surface area contributed by atoms with Crippen LogP contribution in [0.2, 0.25) is 0 Å². The summed E-state index contributed by atoms with van der Waals surface area (Å²) < 4.78 is 6.39. The van der Waals surface area contributed by atoms with E-state index in [2.05, 4.69) is 55.3 Å². The maximum absolute atomic E-state index is 6.53. The highest BCUT2D eigenvalue weighted by Gasteiger charge is 2.38. The Labute approximate surface area is 216 Å². The number of rotatable bonds is 8. The molecule has 2 aliphatic rings. The summed E-state index contributed by atoms with van der Waals surface area (Å²) in [6.07, 6.45) is 9.76. The second-order valence-corrected chi connectivity index (χ2v) is 10.7. The Morgan fingerprint density at radius 2 is 1.97 bits per heavy atom. The predicted molar refractivity (Wildman–Crippen MR) is 148 cm³/mol. The van der Waals surface area contributed by atoms with E-state index < -0.39 is 0 Å². The molecule has 0 saturated carbocycles. The largest absolute Gasteiger partial charge is 0.437 e. The molecule has 5 nitrogen and oxygen atoms in total. The van der Waals surface area contributed by atoms with Crippen molar-refractivity contribution in [3.8, 4) is 5.75 Å². The zero-order valence-electron chi connectivity index (χ0n) is 20.2. The molecule has 2 heterocycles. The van der Waals surface area contributed by atoms with Gasteiger partial charge in [0.25, 0.3) is 0 Å². The molecule has 0 fully saturated rings. The van der Waals surface area contributed by atoms with E-state index >= 15 is 0 Å². The maximum Gasteiger partial charge on any atom is 0.239 e. The summed E-state index contributed by atoms with van der Waals surface area (Å²) in [7, 11) is 4.21. The number of nitrogens with one attached hydrogen (secondary N) is 1. The lowest BCUT2D eigenvalue weighted by Crippen LogP contribution is -2.28. The Morgan fingerprint density at radius 1 is 1.14 bits per heavy atom. The topological polar surface area (TPSA) is 40.7 Å². The van der Waals surface area contributed by atoms with Crippen LogP contribution in [0.1, 0.15) is 29.8 Å². The molecule has 1 aliphatic carbocycles. The number of aromatic amines is 1. The molecule has 180 valence electrons. The Kier molecular flexibility index (Phi) is 7.00. The normalized spacial score (nSPS) is 18.1. The first-order valence-electron chi connectivity index (χ1n) is 11.7. The smallest absolute Gasteiger partial charge is 0.239 e. The van der Waals surface area contributed by atoms with Crippen LogP contribution in [0.25, 0.3) is 10.9 Å². The number of H-pyrrole nitrogens is 1. The fraction of sp³-hybridized carbons (Fsp3) is 0.250. The van der Waals surface area contributed by atoms with Crippen molar-refractivity contribution in [2.75, 3.05) is 20.6 Å². The third kappa shape index (κ3) is 5.03. The Balaban J connectivity index is 1.55.